The molecule has 0 N–H and O–H groups in total. The summed E-state index contributed by atoms with van der Waals surface area (Å²) in [4.78, 5) is 4.82. The van der Waals surface area contributed by atoms with E-state index in [1.807, 2.05) is 24.4 Å². The van der Waals surface area contributed by atoms with E-state index in [9.17, 15) is 8.42 Å². The van der Waals surface area contributed by atoms with Gasteiger partial charge in [0.15, 0.2) is 5.76 Å². The number of hydrogen-bond acceptors (Lipinski definition) is 5. The first-order valence-electron chi connectivity index (χ1n) is 9.84. The maximum atomic E-state index is 13.1. The second kappa shape index (κ2) is 7.76. The van der Waals surface area contributed by atoms with Crippen LogP contribution in [0.5, 0.6) is 0 Å². The van der Waals surface area contributed by atoms with Gasteiger partial charge in [-0.05, 0) is 38.7 Å². The number of benzene rings is 1. The third-order valence-electron chi connectivity index (χ3n) is 5.61. The molecule has 154 valence electrons. The van der Waals surface area contributed by atoms with Crippen LogP contribution >= 0.6 is 0 Å². The maximum Gasteiger partial charge on any atom is 0.248 e. The maximum absolute atomic E-state index is 13.1. The van der Waals surface area contributed by atoms with Gasteiger partial charge < -0.3 is 9.09 Å². The monoisotopic (exact) mass is 414 g/mol. The van der Waals surface area contributed by atoms with Crippen LogP contribution in [0.3, 0.4) is 0 Å². The van der Waals surface area contributed by atoms with Crippen LogP contribution in [-0.2, 0) is 23.0 Å². The van der Waals surface area contributed by atoms with Gasteiger partial charge in [0.2, 0.25) is 10.0 Å². The average molecular weight is 415 g/mol. The lowest BCUT2D eigenvalue weighted by atomic mass is 10.0. The molecule has 0 saturated carbocycles. The van der Waals surface area contributed by atoms with E-state index in [4.69, 9.17) is 4.52 Å². The van der Waals surface area contributed by atoms with E-state index < -0.39 is 10.0 Å². The van der Waals surface area contributed by atoms with E-state index in [1.165, 1.54) is 5.56 Å². The van der Waals surface area contributed by atoms with Crippen LogP contribution in [0.4, 0.5) is 0 Å². The normalized spacial score (nSPS) is 17.8. The minimum atomic E-state index is -3.59. The van der Waals surface area contributed by atoms with Crippen molar-refractivity contribution in [2.75, 3.05) is 13.1 Å². The molecule has 4 rings (SSSR count). The summed E-state index contributed by atoms with van der Waals surface area (Å²) in [5, 5.41) is 3.80. The smallest absolute Gasteiger partial charge is 0.248 e. The molecule has 2 aromatic heterocycles. The Morgan fingerprint density at radius 2 is 1.93 bits per heavy atom. The van der Waals surface area contributed by atoms with Crippen LogP contribution in [0.1, 0.15) is 35.0 Å². The first-order valence-corrected chi connectivity index (χ1v) is 11.3. The second-order valence-corrected chi connectivity index (χ2v) is 9.64. The number of sulfonamides is 1. The van der Waals surface area contributed by atoms with Crippen LogP contribution in [0.15, 0.2) is 45.9 Å². The van der Waals surface area contributed by atoms with E-state index in [2.05, 4.69) is 33.8 Å². The Labute approximate surface area is 171 Å². The molecule has 0 amide bonds. The minimum Gasteiger partial charge on any atom is -0.360 e. The summed E-state index contributed by atoms with van der Waals surface area (Å²) in [5.41, 5.74) is 2.76. The highest BCUT2D eigenvalue weighted by Gasteiger charge is 2.36. The zero-order valence-electron chi connectivity index (χ0n) is 17.0. The largest absolute Gasteiger partial charge is 0.360 e. The van der Waals surface area contributed by atoms with Crippen molar-refractivity contribution in [3.8, 4) is 0 Å². The van der Waals surface area contributed by atoms with Crippen molar-refractivity contribution in [3.05, 3.63) is 65.1 Å². The Morgan fingerprint density at radius 1 is 1.17 bits per heavy atom. The predicted octanol–water partition coefficient (Wildman–Crippen LogP) is 3.10. The molecule has 3 heterocycles. The number of nitrogens with zero attached hydrogens (tertiary/aromatic N) is 4. The van der Waals surface area contributed by atoms with Crippen molar-refractivity contribution in [3.63, 3.8) is 0 Å². The lowest BCUT2D eigenvalue weighted by Gasteiger charge is -2.17. The van der Waals surface area contributed by atoms with E-state index >= 15 is 0 Å². The minimum absolute atomic E-state index is 0.208. The molecule has 3 aromatic rings. The fourth-order valence-electron chi connectivity index (χ4n) is 4.07. The predicted molar refractivity (Wildman–Crippen MR) is 109 cm³/mol. The number of aryl methyl sites for hydroxylation is 3. The van der Waals surface area contributed by atoms with Crippen molar-refractivity contribution >= 4 is 10.0 Å². The van der Waals surface area contributed by atoms with Crippen molar-refractivity contribution in [2.45, 2.75) is 45.1 Å². The molecule has 0 bridgehead atoms. The molecule has 1 saturated heterocycles. The molecule has 0 radical (unpaired) electrons. The van der Waals surface area contributed by atoms with Crippen molar-refractivity contribution in [2.24, 2.45) is 5.92 Å². The van der Waals surface area contributed by atoms with Gasteiger partial charge in [-0.15, -0.1) is 0 Å². The number of aromatic nitrogens is 3. The zero-order chi connectivity index (χ0) is 20.6. The fourth-order valence-corrected chi connectivity index (χ4v) is 5.89. The van der Waals surface area contributed by atoms with Crippen LogP contribution in [0.2, 0.25) is 0 Å². The number of imidazole rings is 1. The van der Waals surface area contributed by atoms with Gasteiger partial charge >= 0.3 is 0 Å². The Kier molecular flexibility index (Phi) is 5.31. The van der Waals surface area contributed by atoms with Crippen LogP contribution in [0, 0.1) is 26.7 Å². The van der Waals surface area contributed by atoms with E-state index in [1.54, 1.807) is 18.2 Å². The Hall–Kier alpha value is -2.45. The fraction of sp³-hybridized carbons (Fsp3) is 0.429. The van der Waals surface area contributed by atoms with Gasteiger partial charge in [-0.2, -0.15) is 4.31 Å². The molecule has 1 unspecified atom stereocenters. The highest BCUT2D eigenvalue weighted by molar-refractivity contribution is 7.89. The molecule has 1 aliphatic heterocycles. The second-order valence-electron chi connectivity index (χ2n) is 7.76. The van der Waals surface area contributed by atoms with Crippen molar-refractivity contribution < 1.29 is 12.9 Å². The summed E-state index contributed by atoms with van der Waals surface area (Å²) >= 11 is 0. The lowest BCUT2D eigenvalue weighted by Crippen LogP contribution is -2.30. The van der Waals surface area contributed by atoms with Crippen molar-refractivity contribution in [1.82, 2.24) is 19.0 Å². The van der Waals surface area contributed by atoms with Gasteiger partial charge in [-0.1, -0.05) is 35.5 Å². The third-order valence-corrected chi connectivity index (χ3v) is 7.72. The van der Waals surface area contributed by atoms with Gasteiger partial charge in [0.25, 0.3) is 0 Å². The summed E-state index contributed by atoms with van der Waals surface area (Å²) in [5.74, 6) is 1.59. The molecule has 0 aliphatic carbocycles. The molecule has 1 aliphatic rings. The van der Waals surface area contributed by atoms with Crippen molar-refractivity contribution in [1.29, 1.82) is 0 Å². The standard InChI is InChI=1S/C21H26N4O3S/c1-15-12-22-20(25(15)14-18-7-5-4-6-8-18)11-19-9-10-24(13-19)29(26,27)21-16(2)23-28-17(21)3/h4-8,12,19H,9-11,13-14H2,1-3H3. The van der Waals surface area contributed by atoms with Crippen LogP contribution in [-0.4, -0.2) is 40.5 Å². The number of hydrogen-bond donors (Lipinski definition) is 0. The topological polar surface area (TPSA) is 81.2 Å². The van der Waals surface area contributed by atoms with Gasteiger partial charge in [0, 0.05) is 37.9 Å². The lowest BCUT2D eigenvalue weighted by molar-refractivity contribution is 0.389. The highest BCUT2D eigenvalue weighted by Crippen LogP contribution is 2.29. The summed E-state index contributed by atoms with van der Waals surface area (Å²) < 4.78 is 35.0. The van der Waals surface area contributed by atoms with E-state index in [0.717, 1.165) is 30.9 Å². The van der Waals surface area contributed by atoms with Crippen LogP contribution in [0.25, 0.3) is 0 Å². The van der Waals surface area contributed by atoms with Crippen LogP contribution < -0.4 is 0 Å². The van der Waals surface area contributed by atoms with Gasteiger partial charge in [0.05, 0.1) is 0 Å². The zero-order valence-corrected chi connectivity index (χ0v) is 17.8. The molecule has 1 atom stereocenters. The Bertz CT molecular complexity index is 1080. The Balaban J connectivity index is 1.49. The van der Waals surface area contributed by atoms with Gasteiger partial charge in [0.1, 0.15) is 16.4 Å². The molecule has 8 heteroatoms. The van der Waals surface area contributed by atoms with E-state index in [-0.39, 0.29) is 10.8 Å². The summed E-state index contributed by atoms with van der Waals surface area (Å²) in [6.07, 6.45) is 3.47. The highest BCUT2D eigenvalue weighted by atomic mass is 32.2. The van der Waals surface area contributed by atoms with Gasteiger partial charge in [-0.3, -0.25) is 0 Å². The molecule has 0 spiro atoms. The summed E-state index contributed by atoms with van der Waals surface area (Å²) in [6.45, 7) is 7.14. The summed E-state index contributed by atoms with van der Waals surface area (Å²) in [6, 6.07) is 10.3. The molecule has 29 heavy (non-hydrogen) atoms. The third kappa shape index (κ3) is 3.86. The molecule has 1 aromatic carbocycles. The molecular weight excluding hydrogens is 388 g/mol. The average Bonchev–Trinajstić information content (AvgIpc) is 3.39. The van der Waals surface area contributed by atoms with Gasteiger partial charge in [-0.25, -0.2) is 13.4 Å². The summed E-state index contributed by atoms with van der Waals surface area (Å²) in [7, 11) is -3.59. The first kappa shape index (κ1) is 19.8. The van der Waals surface area contributed by atoms with E-state index in [0.29, 0.717) is 24.5 Å². The quantitative estimate of drug-likeness (QED) is 0.619. The molecule has 7 nitrogen and oxygen atoms in total. The SMILES string of the molecule is Cc1noc(C)c1S(=O)(=O)N1CCC(Cc2ncc(C)n2Cc2ccccc2)C1. The first-order chi connectivity index (χ1) is 13.9. The Morgan fingerprint density at radius 3 is 2.62 bits per heavy atom. The molecule has 1 fully saturated rings. The molecular formula is C21H26N4O3S. The number of rotatable bonds is 6.